The van der Waals surface area contributed by atoms with Crippen LogP contribution in [-0.4, -0.2) is 32.8 Å². The highest BCUT2D eigenvalue weighted by Crippen LogP contribution is 2.07. The Morgan fingerprint density at radius 3 is 2.55 bits per heavy atom. The predicted octanol–water partition coefficient (Wildman–Crippen LogP) is 0.380. The van der Waals surface area contributed by atoms with Gasteiger partial charge in [-0.25, -0.2) is 4.68 Å². The first kappa shape index (κ1) is 15.9. The lowest BCUT2D eigenvalue weighted by molar-refractivity contribution is -0.137. The van der Waals surface area contributed by atoms with Crippen LogP contribution >= 0.6 is 0 Å². The van der Waals surface area contributed by atoms with E-state index in [0.29, 0.717) is 17.7 Å². The molecule has 0 aliphatic heterocycles. The Kier molecular flexibility index (Phi) is 5.01. The summed E-state index contributed by atoms with van der Waals surface area (Å²) in [6.07, 6.45) is 0.276. The monoisotopic (exact) mass is 281 g/mol. The summed E-state index contributed by atoms with van der Waals surface area (Å²) in [5.41, 5.74) is 0.740. The van der Waals surface area contributed by atoms with Gasteiger partial charge in [-0.2, -0.15) is 5.10 Å². The van der Waals surface area contributed by atoms with Crippen LogP contribution in [0, 0.1) is 13.8 Å². The summed E-state index contributed by atoms with van der Waals surface area (Å²) in [7, 11) is 1.49. The highest BCUT2D eigenvalue weighted by Gasteiger charge is 2.19. The van der Waals surface area contributed by atoms with Crippen LogP contribution in [0.2, 0.25) is 0 Å². The lowest BCUT2D eigenvalue weighted by Crippen LogP contribution is -2.39. The number of hydrogen-bond acceptors (Lipinski definition) is 4. The number of carbonyl (C=O) groups is 2. The molecule has 0 radical (unpaired) electrons. The van der Waals surface area contributed by atoms with Crippen molar-refractivity contribution in [1.29, 1.82) is 0 Å². The van der Waals surface area contributed by atoms with Crippen LogP contribution in [0.5, 0.6) is 0 Å². The minimum Gasteiger partial charge on any atom is -0.481 e. The van der Waals surface area contributed by atoms with Crippen LogP contribution in [0.4, 0.5) is 0 Å². The van der Waals surface area contributed by atoms with Gasteiger partial charge in [0.05, 0.1) is 5.69 Å². The number of carboxylic acids is 1. The minimum absolute atomic E-state index is 0.0339. The second-order valence-electron chi connectivity index (χ2n) is 4.82. The molecular weight excluding hydrogens is 262 g/mol. The van der Waals surface area contributed by atoms with Gasteiger partial charge in [0.15, 0.2) is 0 Å². The van der Waals surface area contributed by atoms with E-state index in [-0.39, 0.29) is 18.0 Å². The standard InChI is InChI=1S/C13H19N3O4/c1-7(5-6-10(17)18)14-12(19)11-8(2)9(3)15-16(4)13(11)20/h7H,5-6H2,1-4H3,(H,14,19)(H,17,18). The number of carboxylic acid groups (broad SMARTS) is 1. The fraction of sp³-hybridized carbons (Fsp3) is 0.538. The largest absolute Gasteiger partial charge is 0.481 e. The number of amides is 1. The molecule has 1 atom stereocenters. The summed E-state index contributed by atoms with van der Waals surface area (Å²) < 4.78 is 1.12. The molecule has 20 heavy (non-hydrogen) atoms. The van der Waals surface area contributed by atoms with Gasteiger partial charge in [-0.1, -0.05) is 0 Å². The lowest BCUT2D eigenvalue weighted by atomic mass is 10.1. The summed E-state index contributed by atoms with van der Waals surface area (Å²) in [5, 5.41) is 15.2. The number of hydrogen-bond donors (Lipinski definition) is 2. The van der Waals surface area contributed by atoms with Crippen LogP contribution in [0.3, 0.4) is 0 Å². The van der Waals surface area contributed by atoms with E-state index < -0.39 is 17.4 Å². The van der Waals surface area contributed by atoms with Crippen molar-refractivity contribution in [2.45, 2.75) is 39.7 Å². The molecule has 0 aliphatic rings. The smallest absolute Gasteiger partial charge is 0.303 e. The van der Waals surface area contributed by atoms with E-state index in [4.69, 9.17) is 5.11 Å². The van der Waals surface area contributed by atoms with Gasteiger partial charge in [-0.05, 0) is 32.8 Å². The molecule has 0 aromatic carbocycles. The molecule has 1 aromatic heterocycles. The van der Waals surface area contributed by atoms with E-state index in [0.717, 1.165) is 4.68 Å². The molecule has 1 rings (SSSR count). The third kappa shape index (κ3) is 3.66. The molecule has 1 aromatic rings. The Labute approximate surface area is 116 Å². The Morgan fingerprint density at radius 2 is 2.00 bits per heavy atom. The van der Waals surface area contributed by atoms with E-state index in [1.165, 1.54) is 7.05 Å². The van der Waals surface area contributed by atoms with Gasteiger partial charge >= 0.3 is 5.97 Å². The third-order valence-corrected chi connectivity index (χ3v) is 3.12. The fourth-order valence-corrected chi connectivity index (χ4v) is 1.82. The molecule has 1 amide bonds. The summed E-state index contributed by atoms with van der Waals surface area (Å²) in [6.45, 7) is 5.09. The van der Waals surface area contributed by atoms with Crippen molar-refractivity contribution in [3.63, 3.8) is 0 Å². The molecule has 0 fully saturated rings. The van der Waals surface area contributed by atoms with E-state index in [1.54, 1.807) is 20.8 Å². The average molecular weight is 281 g/mol. The summed E-state index contributed by atoms with van der Waals surface area (Å²) in [6, 6.07) is -0.323. The fourth-order valence-electron chi connectivity index (χ4n) is 1.82. The van der Waals surface area contributed by atoms with Crippen molar-refractivity contribution in [2.75, 3.05) is 0 Å². The Morgan fingerprint density at radius 1 is 1.40 bits per heavy atom. The SMILES string of the molecule is Cc1nn(C)c(=O)c(C(=O)NC(C)CCC(=O)O)c1C. The first-order chi connectivity index (χ1) is 9.23. The molecule has 0 saturated carbocycles. The zero-order valence-electron chi connectivity index (χ0n) is 12.1. The number of carbonyl (C=O) groups excluding carboxylic acids is 1. The van der Waals surface area contributed by atoms with Gasteiger partial charge in [0.1, 0.15) is 5.56 Å². The minimum atomic E-state index is -0.919. The number of nitrogens with zero attached hydrogens (tertiary/aromatic N) is 2. The van der Waals surface area contributed by atoms with Crippen LogP contribution in [0.15, 0.2) is 4.79 Å². The zero-order valence-corrected chi connectivity index (χ0v) is 12.1. The number of aliphatic carboxylic acids is 1. The second kappa shape index (κ2) is 6.31. The van der Waals surface area contributed by atoms with Crippen molar-refractivity contribution in [3.05, 3.63) is 27.2 Å². The molecule has 110 valence electrons. The number of aryl methyl sites for hydroxylation is 2. The Balaban J connectivity index is 2.93. The highest BCUT2D eigenvalue weighted by molar-refractivity contribution is 5.95. The quantitative estimate of drug-likeness (QED) is 0.812. The average Bonchev–Trinajstić information content (AvgIpc) is 2.34. The normalized spacial score (nSPS) is 12.0. The molecule has 7 nitrogen and oxygen atoms in total. The van der Waals surface area contributed by atoms with Crippen LogP contribution < -0.4 is 10.9 Å². The number of rotatable bonds is 5. The van der Waals surface area contributed by atoms with Crippen molar-refractivity contribution in [3.8, 4) is 0 Å². The number of aromatic nitrogens is 2. The molecule has 7 heteroatoms. The summed E-state index contributed by atoms with van der Waals surface area (Å²) >= 11 is 0. The molecule has 2 N–H and O–H groups in total. The van der Waals surface area contributed by atoms with E-state index in [2.05, 4.69) is 10.4 Å². The van der Waals surface area contributed by atoms with E-state index >= 15 is 0 Å². The second-order valence-corrected chi connectivity index (χ2v) is 4.82. The zero-order chi connectivity index (χ0) is 15.4. The maximum absolute atomic E-state index is 12.1. The molecule has 0 aliphatic carbocycles. The van der Waals surface area contributed by atoms with Crippen LogP contribution in [0.25, 0.3) is 0 Å². The first-order valence-electron chi connectivity index (χ1n) is 6.31. The molecule has 0 bridgehead atoms. The van der Waals surface area contributed by atoms with Crippen molar-refractivity contribution >= 4 is 11.9 Å². The topological polar surface area (TPSA) is 101 Å². The predicted molar refractivity (Wildman–Crippen MR) is 72.8 cm³/mol. The van der Waals surface area contributed by atoms with Gasteiger partial charge in [-0.3, -0.25) is 14.4 Å². The summed E-state index contributed by atoms with van der Waals surface area (Å²) in [4.78, 5) is 34.6. The van der Waals surface area contributed by atoms with Gasteiger partial charge in [-0.15, -0.1) is 0 Å². The lowest BCUT2D eigenvalue weighted by Gasteiger charge is -2.14. The third-order valence-electron chi connectivity index (χ3n) is 3.12. The van der Waals surface area contributed by atoms with E-state index in [9.17, 15) is 14.4 Å². The van der Waals surface area contributed by atoms with Gasteiger partial charge in [0.2, 0.25) is 0 Å². The van der Waals surface area contributed by atoms with Crippen molar-refractivity contribution in [2.24, 2.45) is 7.05 Å². The maximum atomic E-state index is 12.1. The van der Waals surface area contributed by atoms with Gasteiger partial charge in [0.25, 0.3) is 11.5 Å². The van der Waals surface area contributed by atoms with Crippen LogP contribution in [-0.2, 0) is 11.8 Å². The van der Waals surface area contributed by atoms with Gasteiger partial charge in [0, 0.05) is 19.5 Å². The highest BCUT2D eigenvalue weighted by atomic mass is 16.4. The molecular formula is C13H19N3O4. The molecule has 1 unspecified atom stereocenters. The molecule has 0 spiro atoms. The number of nitrogens with one attached hydrogen (secondary N) is 1. The van der Waals surface area contributed by atoms with Crippen molar-refractivity contribution in [1.82, 2.24) is 15.1 Å². The Hall–Kier alpha value is -2.18. The van der Waals surface area contributed by atoms with Crippen molar-refractivity contribution < 1.29 is 14.7 Å². The Bertz CT molecular complexity index is 592. The van der Waals surface area contributed by atoms with Gasteiger partial charge < -0.3 is 10.4 Å². The van der Waals surface area contributed by atoms with Crippen LogP contribution in [0.1, 0.15) is 41.4 Å². The molecule has 0 saturated heterocycles. The first-order valence-corrected chi connectivity index (χ1v) is 6.31. The molecule has 1 heterocycles. The van der Waals surface area contributed by atoms with E-state index in [1.807, 2.05) is 0 Å². The summed E-state index contributed by atoms with van der Waals surface area (Å²) in [5.74, 6) is -1.41. The maximum Gasteiger partial charge on any atom is 0.303 e.